The molecule has 1 amide bonds. The number of benzene rings is 2. The number of halogens is 1. The van der Waals surface area contributed by atoms with Crippen molar-refractivity contribution in [3.63, 3.8) is 0 Å². The number of nitrogens with zero attached hydrogens (tertiary/aromatic N) is 2. The van der Waals surface area contributed by atoms with E-state index in [-0.39, 0.29) is 19.2 Å². The van der Waals surface area contributed by atoms with E-state index in [1.54, 1.807) is 12.1 Å². The lowest BCUT2D eigenvalue weighted by atomic mass is 10.1. The summed E-state index contributed by atoms with van der Waals surface area (Å²) in [6.45, 7) is 0.400. The lowest BCUT2D eigenvalue weighted by molar-refractivity contribution is -0.121. The van der Waals surface area contributed by atoms with E-state index >= 15 is 0 Å². The van der Waals surface area contributed by atoms with Gasteiger partial charge in [0.25, 0.3) is 0 Å². The molecule has 1 N–H and O–H groups in total. The van der Waals surface area contributed by atoms with Crippen molar-refractivity contribution >= 4 is 17.5 Å². The lowest BCUT2D eigenvalue weighted by Gasteiger charge is -2.04. The first kappa shape index (κ1) is 17.4. The molecule has 1 aromatic heterocycles. The van der Waals surface area contributed by atoms with E-state index < -0.39 is 0 Å². The smallest absolute Gasteiger partial charge is 0.246 e. The molecule has 3 aromatic rings. The SMILES string of the molecule is O=C(CCc1ccc2c(c1)OCO2)NCc1nc(-c2ccccc2Cl)no1. The minimum Gasteiger partial charge on any atom is -0.454 e. The largest absolute Gasteiger partial charge is 0.454 e. The third kappa shape index (κ3) is 4.03. The number of fused-ring (bicyclic) bond motifs is 1. The van der Waals surface area contributed by atoms with Gasteiger partial charge in [-0.2, -0.15) is 4.98 Å². The van der Waals surface area contributed by atoms with Crippen molar-refractivity contribution < 1.29 is 18.8 Å². The van der Waals surface area contributed by atoms with Crippen LogP contribution in [0, 0.1) is 0 Å². The van der Waals surface area contributed by atoms with Gasteiger partial charge in [0.15, 0.2) is 11.5 Å². The monoisotopic (exact) mass is 385 g/mol. The molecule has 0 radical (unpaired) electrons. The van der Waals surface area contributed by atoms with Crippen LogP contribution < -0.4 is 14.8 Å². The van der Waals surface area contributed by atoms with Crippen molar-refractivity contribution in [1.82, 2.24) is 15.5 Å². The van der Waals surface area contributed by atoms with Crippen molar-refractivity contribution in [2.24, 2.45) is 0 Å². The Hall–Kier alpha value is -3.06. The summed E-state index contributed by atoms with van der Waals surface area (Å²) in [5, 5.41) is 7.22. The van der Waals surface area contributed by atoms with E-state index in [1.165, 1.54) is 0 Å². The molecular formula is C19H16ClN3O4. The van der Waals surface area contributed by atoms with Gasteiger partial charge in [0.05, 0.1) is 11.6 Å². The molecule has 2 aromatic carbocycles. The average Bonchev–Trinajstić information content (AvgIpc) is 3.34. The van der Waals surface area contributed by atoms with Crippen molar-refractivity contribution in [2.45, 2.75) is 19.4 Å². The maximum atomic E-state index is 12.1. The summed E-state index contributed by atoms with van der Waals surface area (Å²) in [5.74, 6) is 2.05. The lowest BCUT2D eigenvalue weighted by Crippen LogP contribution is -2.23. The second kappa shape index (κ2) is 7.67. The first-order chi connectivity index (χ1) is 13.2. The fourth-order valence-corrected chi connectivity index (χ4v) is 2.92. The fourth-order valence-electron chi connectivity index (χ4n) is 2.70. The molecular weight excluding hydrogens is 370 g/mol. The van der Waals surface area contributed by atoms with Gasteiger partial charge in [0.1, 0.15) is 0 Å². The van der Waals surface area contributed by atoms with E-state index in [0.29, 0.717) is 40.9 Å². The number of nitrogens with one attached hydrogen (secondary N) is 1. The number of hydrogen-bond acceptors (Lipinski definition) is 6. The second-order valence-corrected chi connectivity index (χ2v) is 6.36. The molecule has 27 heavy (non-hydrogen) atoms. The molecule has 0 atom stereocenters. The number of aryl methyl sites for hydroxylation is 1. The number of carbonyl (C=O) groups excluding carboxylic acids is 1. The summed E-state index contributed by atoms with van der Waals surface area (Å²) >= 11 is 6.12. The first-order valence-corrected chi connectivity index (χ1v) is 8.79. The number of hydrogen-bond donors (Lipinski definition) is 1. The molecule has 0 saturated carbocycles. The zero-order valence-corrected chi connectivity index (χ0v) is 15.0. The minimum absolute atomic E-state index is 0.106. The van der Waals surface area contributed by atoms with E-state index in [9.17, 15) is 4.79 Å². The zero-order chi connectivity index (χ0) is 18.6. The molecule has 7 nitrogen and oxygen atoms in total. The predicted molar refractivity (Wildman–Crippen MR) is 97.5 cm³/mol. The molecule has 2 heterocycles. The molecule has 138 valence electrons. The maximum Gasteiger partial charge on any atom is 0.246 e. The van der Waals surface area contributed by atoms with Crippen LogP contribution in [0.1, 0.15) is 17.9 Å². The van der Waals surface area contributed by atoms with Gasteiger partial charge in [-0.1, -0.05) is 35.0 Å². The molecule has 0 fully saturated rings. The first-order valence-electron chi connectivity index (χ1n) is 8.42. The van der Waals surface area contributed by atoms with Crippen molar-refractivity contribution in [3.8, 4) is 22.9 Å². The van der Waals surface area contributed by atoms with Crippen LogP contribution in [0.2, 0.25) is 5.02 Å². The van der Waals surface area contributed by atoms with E-state index in [1.807, 2.05) is 30.3 Å². The highest BCUT2D eigenvalue weighted by atomic mass is 35.5. The van der Waals surface area contributed by atoms with Crippen LogP contribution in [0.5, 0.6) is 11.5 Å². The van der Waals surface area contributed by atoms with Crippen LogP contribution in [0.25, 0.3) is 11.4 Å². The number of ether oxygens (including phenoxy) is 2. The Kier molecular flexibility index (Phi) is 4.93. The molecule has 0 saturated heterocycles. The number of carbonyl (C=O) groups is 1. The van der Waals surface area contributed by atoms with Gasteiger partial charge in [0.2, 0.25) is 24.4 Å². The molecule has 4 rings (SSSR count). The summed E-state index contributed by atoms with van der Waals surface area (Å²) in [4.78, 5) is 16.3. The Morgan fingerprint density at radius 2 is 2.00 bits per heavy atom. The minimum atomic E-state index is -0.106. The van der Waals surface area contributed by atoms with E-state index in [2.05, 4.69) is 15.5 Å². The third-order valence-corrected chi connectivity index (χ3v) is 4.43. The molecule has 0 unspecified atom stereocenters. The van der Waals surface area contributed by atoms with Crippen molar-refractivity contribution in [1.29, 1.82) is 0 Å². The topological polar surface area (TPSA) is 86.5 Å². The van der Waals surface area contributed by atoms with Gasteiger partial charge in [-0.05, 0) is 36.2 Å². The van der Waals surface area contributed by atoms with Crippen molar-refractivity contribution in [2.75, 3.05) is 6.79 Å². The predicted octanol–water partition coefficient (Wildman–Crippen LogP) is 3.37. The molecule has 0 bridgehead atoms. The quantitative estimate of drug-likeness (QED) is 0.700. The molecule has 1 aliphatic heterocycles. The number of rotatable bonds is 6. The van der Waals surface area contributed by atoms with Gasteiger partial charge in [-0.3, -0.25) is 4.79 Å². The van der Waals surface area contributed by atoms with Gasteiger partial charge >= 0.3 is 0 Å². The average molecular weight is 386 g/mol. The Labute approximate surface area is 160 Å². The van der Waals surface area contributed by atoms with Crippen LogP contribution in [0.15, 0.2) is 47.0 Å². The van der Waals surface area contributed by atoms with Gasteiger partial charge in [-0.25, -0.2) is 0 Å². The fraction of sp³-hybridized carbons (Fsp3) is 0.211. The highest BCUT2D eigenvalue weighted by molar-refractivity contribution is 6.33. The van der Waals surface area contributed by atoms with E-state index in [4.69, 9.17) is 25.6 Å². The summed E-state index contributed by atoms with van der Waals surface area (Å²) in [6.07, 6.45) is 0.933. The maximum absolute atomic E-state index is 12.1. The standard InChI is InChI=1S/C19H16ClN3O4/c20-14-4-2-1-3-13(14)19-22-18(27-23-19)10-21-17(24)8-6-12-5-7-15-16(9-12)26-11-25-15/h1-5,7,9H,6,8,10-11H2,(H,21,24). The zero-order valence-electron chi connectivity index (χ0n) is 14.3. The normalized spacial score (nSPS) is 12.2. The van der Waals surface area contributed by atoms with Crippen LogP contribution in [-0.4, -0.2) is 22.8 Å². The van der Waals surface area contributed by atoms with Gasteiger partial charge in [-0.15, -0.1) is 0 Å². The highest BCUT2D eigenvalue weighted by Crippen LogP contribution is 2.32. The van der Waals surface area contributed by atoms with Crippen LogP contribution >= 0.6 is 11.6 Å². The number of amides is 1. The molecule has 1 aliphatic rings. The summed E-state index contributed by atoms with van der Waals surface area (Å²) in [7, 11) is 0. The number of aromatic nitrogens is 2. The Bertz CT molecular complexity index is 973. The molecule has 0 spiro atoms. The molecule has 0 aliphatic carbocycles. The van der Waals surface area contributed by atoms with Crippen LogP contribution in [0.3, 0.4) is 0 Å². The Morgan fingerprint density at radius 3 is 2.89 bits per heavy atom. The van der Waals surface area contributed by atoms with Crippen molar-refractivity contribution in [3.05, 3.63) is 58.9 Å². The third-order valence-electron chi connectivity index (χ3n) is 4.10. The van der Waals surface area contributed by atoms with Gasteiger partial charge < -0.3 is 19.3 Å². The summed E-state index contributed by atoms with van der Waals surface area (Å²) in [5.41, 5.74) is 1.69. The van der Waals surface area contributed by atoms with Crippen LogP contribution in [0.4, 0.5) is 0 Å². The summed E-state index contributed by atoms with van der Waals surface area (Å²) < 4.78 is 15.8. The second-order valence-electron chi connectivity index (χ2n) is 5.96. The van der Waals surface area contributed by atoms with Crippen LogP contribution in [-0.2, 0) is 17.8 Å². The summed E-state index contributed by atoms with van der Waals surface area (Å²) in [6, 6.07) is 12.9. The van der Waals surface area contributed by atoms with Gasteiger partial charge in [0, 0.05) is 12.0 Å². The molecule has 8 heteroatoms. The highest BCUT2D eigenvalue weighted by Gasteiger charge is 2.14. The Balaban J connectivity index is 1.29. The van der Waals surface area contributed by atoms with E-state index in [0.717, 1.165) is 11.3 Å². The Morgan fingerprint density at radius 1 is 1.15 bits per heavy atom.